The molecule has 0 bridgehead atoms. The van der Waals surface area contributed by atoms with Crippen LogP contribution < -0.4 is 4.74 Å². The number of benzene rings is 2. The number of halogens is 1. The van der Waals surface area contributed by atoms with Crippen molar-refractivity contribution in [2.75, 3.05) is 7.11 Å². The summed E-state index contributed by atoms with van der Waals surface area (Å²) in [5, 5.41) is 13.6. The zero-order valence-corrected chi connectivity index (χ0v) is 18.3. The van der Waals surface area contributed by atoms with Gasteiger partial charge in [-0.1, -0.05) is 35.4 Å². The third-order valence-corrected chi connectivity index (χ3v) is 5.99. The average Bonchev–Trinajstić information content (AvgIpc) is 3.21. The van der Waals surface area contributed by atoms with Gasteiger partial charge < -0.3 is 4.74 Å². The number of nitrogens with zero attached hydrogens (tertiary/aromatic N) is 3. The van der Waals surface area contributed by atoms with E-state index in [0.29, 0.717) is 21.3 Å². The van der Waals surface area contributed by atoms with E-state index in [-0.39, 0.29) is 0 Å². The first kappa shape index (κ1) is 20.1. The third-order valence-electron chi connectivity index (χ3n) is 4.82. The molecule has 2 aromatic carbocycles. The molecular weight excluding hydrogens is 414 g/mol. The van der Waals surface area contributed by atoms with E-state index < -0.39 is 0 Å². The highest BCUT2D eigenvalue weighted by Gasteiger charge is 2.12. The fourth-order valence-electron chi connectivity index (χ4n) is 3.30. The van der Waals surface area contributed by atoms with Crippen LogP contribution in [0.2, 0.25) is 5.15 Å². The van der Waals surface area contributed by atoms with Crippen LogP contribution in [0, 0.1) is 25.2 Å². The van der Waals surface area contributed by atoms with Crippen LogP contribution in [0.15, 0.2) is 47.8 Å². The summed E-state index contributed by atoms with van der Waals surface area (Å²) in [4.78, 5) is 9.15. The fraction of sp³-hybridized carbons (Fsp3) is 0.125. The first-order chi connectivity index (χ1) is 14.5. The SMILES string of the molecule is COc1ccc2nc(Cl)c(C=C(C#N)c3nc(-c4ccc(C)cc4C)cs3)cc2c1. The molecule has 6 heteroatoms. The minimum atomic E-state index is 0.339. The largest absolute Gasteiger partial charge is 0.497 e. The van der Waals surface area contributed by atoms with Crippen LogP contribution in [0.3, 0.4) is 0 Å². The van der Waals surface area contributed by atoms with E-state index in [1.807, 2.05) is 29.6 Å². The first-order valence-corrected chi connectivity index (χ1v) is 10.5. The van der Waals surface area contributed by atoms with Gasteiger partial charge in [-0.05, 0) is 49.8 Å². The van der Waals surface area contributed by atoms with E-state index in [1.54, 1.807) is 13.2 Å². The van der Waals surface area contributed by atoms with Crippen molar-refractivity contribution in [3.05, 3.63) is 74.7 Å². The number of hydrogen-bond donors (Lipinski definition) is 0. The van der Waals surface area contributed by atoms with Gasteiger partial charge in [0.15, 0.2) is 0 Å². The molecule has 0 amide bonds. The van der Waals surface area contributed by atoms with E-state index >= 15 is 0 Å². The Labute approximate surface area is 184 Å². The highest BCUT2D eigenvalue weighted by Crippen LogP contribution is 2.31. The lowest BCUT2D eigenvalue weighted by molar-refractivity contribution is 0.415. The summed E-state index contributed by atoms with van der Waals surface area (Å²) >= 11 is 7.83. The lowest BCUT2D eigenvalue weighted by Crippen LogP contribution is -1.89. The number of hydrogen-bond acceptors (Lipinski definition) is 5. The van der Waals surface area contributed by atoms with Gasteiger partial charge in [-0.3, -0.25) is 0 Å². The van der Waals surface area contributed by atoms with Crippen molar-refractivity contribution in [1.29, 1.82) is 5.26 Å². The van der Waals surface area contributed by atoms with Crippen molar-refractivity contribution in [1.82, 2.24) is 9.97 Å². The van der Waals surface area contributed by atoms with Gasteiger partial charge in [-0.25, -0.2) is 9.97 Å². The van der Waals surface area contributed by atoms with E-state index in [4.69, 9.17) is 21.3 Å². The summed E-state index contributed by atoms with van der Waals surface area (Å²) < 4.78 is 5.29. The van der Waals surface area contributed by atoms with E-state index in [1.165, 1.54) is 16.9 Å². The Morgan fingerprint density at radius 2 is 1.97 bits per heavy atom. The molecule has 0 atom stereocenters. The van der Waals surface area contributed by atoms with Crippen LogP contribution >= 0.6 is 22.9 Å². The fourth-order valence-corrected chi connectivity index (χ4v) is 4.28. The minimum Gasteiger partial charge on any atom is -0.497 e. The van der Waals surface area contributed by atoms with Crippen LogP contribution in [-0.4, -0.2) is 17.1 Å². The number of aromatic nitrogens is 2. The Morgan fingerprint density at radius 3 is 2.70 bits per heavy atom. The van der Waals surface area contributed by atoms with Gasteiger partial charge >= 0.3 is 0 Å². The average molecular weight is 432 g/mol. The minimum absolute atomic E-state index is 0.339. The maximum absolute atomic E-state index is 9.76. The maximum atomic E-state index is 9.76. The standard InChI is InChI=1S/C24H18ClN3OS/c1-14-4-6-20(15(2)8-14)22-13-30-24(28-22)18(12-26)10-17-9-16-11-19(29-3)5-7-21(16)27-23(17)25/h4-11,13H,1-3H3. The van der Waals surface area contributed by atoms with Crippen molar-refractivity contribution in [3.8, 4) is 23.1 Å². The van der Waals surface area contributed by atoms with Gasteiger partial charge in [-0.15, -0.1) is 11.3 Å². The highest BCUT2D eigenvalue weighted by molar-refractivity contribution is 7.11. The number of thiazole rings is 1. The molecule has 4 nitrogen and oxygen atoms in total. The monoisotopic (exact) mass is 431 g/mol. The second-order valence-corrected chi connectivity index (χ2v) is 8.17. The molecule has 0 saturated heterocycles. The zero-order valence-electron chi connectivity index (χ0n) is 16.7. The molecule has 2 heterocycles. The van der Waals surface area contributed by atoms with Gasteiger partial charge in [0.05, 0.1) is 23.9 Å². The van der Waals surface area contributed by atoms with Gasteiger partial charge in [-0.2, -0.15) is 5.26 Å². The smallest absolute Gasteiger partial charge is 0.137 e. The normalized spacial score (nSPS) is 11.5. The summed E-state index contributed by atoms with van der Waals surface area (Å²) in [6.07, 6.45) is 1.73. The van der Waals surface area contributed by atoms with Crippen molar-refractivity contribution in [2.45, 2.75) is 13.8 Å². The highest BCUT2D eigenvalue weighted by atomic mass is 35.5. The van der Waals surface area contributed by atoms with Gasteiger partial charge in [0, 0.05) is 21.9 Å². The predicted octanol–water partition coefficient (Wildman–Crippen LogP) is 6.70. The lowest BCUT2D eigenvalue weighted by atomic mass is 10.0. The molecule has 0 fully saturated rings. The van der Waals surface area contributed by atoms with Crippen molar-refractivity contribution in [2.24, 2.45) is 0 Å². The number of fused-ring (bicyclic) bond motifs is 1. The molecule has 0 radical (unpaired) electrons. The van der Waals surface area contributed by atoms with Crippen LogP contribution in [0.25, 0.3) is 33.8 Å². The quantitative estimate of drug-likeness (QED) is 0.266. The third kappa shape index (κ3) is 3.93. The number of methoxy groups -OCH3 is 1. The van der Waals surface area contributed by atoms with Crippen LogP contribution in [-0.2, 0) is 0 Å². The lowest BCUT2D eigenvalue weighted by Gasteiger charge is -2.05. The Hall–Kier alpha value is -3.20. The van der Waals surface area contributed by atoms with Crippen LogP contribution in [0.1, 0.15) is 21.7 Å². The Kier molecular flexibility index (Phi) is 5.54. The molecular formula is C24H18ClN3OS. The zero-order chi connectivity index (χ0) is 21.3. The molecule has 0 aliphatic carbocycles. The number of ether oxygens (including phenoxy) is 1. The second kappa shape index (κ2) is 8.27. The molecule has 4 aromatic rings. The number of aryl methyl sites for hydroxylation is 2. The maximum Gasteiger partial charge on any atom is 0.137 e. The number of nitriles is 1. The topological polar surface area (TPSA) is 58.8 Å². The van der Waals surface area contributed by atoms with E-state index in [9.17, 15) is 5.26 Å². The Bertz CT molecular complexity index is 1330. The Balaban J connectivity index is 1.75. The second-order valence-electron chi connectivity index (χ2n) is 6.95. The van der Waals surface area contributed by atoms with E-state index in [2.05, 4.69) is 43.1 Å². The van der Waals surface area contributed by atoms with Gasteiger partial charge in [0.2, 0.25) is 0 Å². The van der Waals surface area contributed by atoms with Crippen molar-refractivity contribution in [3.63, 3.8) is 0 Å². The van der Waals surface area contributed by atoms with Gasteiger partial charge in [0.1, 0.15) is 22.0 Å². The molecule has 0 saturated carbocycles. The van der Waals surface area contributed by atoms with Crippen LogP contribution in [0.4, 0.5) is 0 Å². The predicted molar refractivity (Wildman–Crippen MR) is 124 cm³/mol. The molecule has 148 valence electrons. The molecule has 0 aliphatic rings. The van der Waals surface area contributed by atoms with Crippen LogP contribution in [0.5, 0.6) is 5.75 Å². The summed E-state index contributed by atoms with van der Waals surface area (Å²) in [5.41, 5.74) is 6.17. The molecule has 0 unspecified atom stereocenters. The van der Waals surface area contributed by atoms with Crippen molar-refractivity contribution < 1.29 is 4.74 Å². The summed E-state index contributed by atoms with van der Waals surface area (Å²) in [6, 6.07) is 16.0. The number of rotatable bonds is 4. The summed E-state index contributed by atoms with van der Waals surface area (Å²) in [7, 11) is 1.62. The molecule has 0 spiro atoms. The Morgan fingerprint density at radius 1 is 1.13 bits per heavy atom. The molecule has 0 aliphatic heterocycles. The molecule has 2 aromatic heterocycles. The number of pyridine rings is 1. The van der Waals surface area contributed by atoms with E-state index in [0.717, 1.165) is 33.5 Å². The summed E-state index contributed by atoms with van der Waals surface area (Å²) in [6.45, 7) is 4.13. The van der Waals surface area contributed by atoms with Crippen molar-refractivity contribution >= 4 is 45.5 Å². The number of allylic oxidation sites excluding steroid dienone is 1. The molecule has 4 rings (SSSR count). The molecule has 30 heavy (non-hydrogen) atoms. The van der Waals surface area contributed by atoms with Gasteiger partial charge in [0.25, 0.3) is 0 Å². The summed E-state index contributed by atoms with van der Waals surface area (Å²) in [5.74, 6) is 0.736. The first-order valence-electron chi connectivity index (χ1n) is 9.28. The molecule has 0 N–H and O–H groups in total.